The van der Waals surface area contributed by atoms with Crippen molar-refractivity contribution in [3.8, 4) is 0 Å². The molecule has 0 amide bonds. The fourth-order valence-electron chi connectivity index (χ4n) is 2.15. The van der Waals surface area contributed by atoms with Crippen LogP contribution >= 0.6 is 0 Å². The molecule has 0 bridgehead atoms. The number of hydrogen-bond donors (Lipinski definition) is 1. The summed E-state index contributed by atoms with van der Waals surface area (Å²) in [4.78, 5) is 10.7. The molecule has 0 aliphatic carbocycles. The molecule has 0 fully saturated rings. The zero-order valence-corrected chi connectivity index (χ0v) is 11.8. The maximum absolute atomic E-state index is 11.1. The van der Waals surface area contributed by atoms with Gasteiger partial charge >= 0.3 is 5.69 Å². The standard InChI is InChI=1S/C13H18N4O3/c1-9(6-7-11-5-4-8-20-11)14-13-12(17(18)19)10(2)15-16(13)3/h4-5,8-9,14H,6-7H2,1-3H3/t9-/m0/s1. The molecule has 0 radical (unpaired) electrons. The Bertz CT molecular complexity index is 589. The molecule has 108 valence electrons. The normalized spacial score (nSPS) is 12.3. The van der Waals surface area contributed by atoms with Crippen LogP contribution in [0.2, 0.25) is 0 Å². The Hall–Kier alpha value is -2.31. The second-order valence-corrected chi connectivity index (χ2v) is 4.83. The highest BCUT2D eigenvalue weighted by Crippen LogP contribution is 2.28. The Kier molecular flexibility index (Phi) is 4.07. The third-order valence-electron chi connectivity index (χ3n) is 3.16. The molecular weight excluding hydrogens is 260 g/mol. The number of anilines is 1. The Balaban J connectivity index is 2.04. The van der Waals surface area contributed by atoms with Crippen molar-refractivity contribution >= 4 is 11.5 Å². The SMILES string of the molecule is Cc1nn(C)c(N[C@@H](C)CCc2ccco2)c1[N+](=O)[O-]. The topological polar surface area (TPSA) is 86.1 Å². The van der Waals surface area contributed by atoms with Gasteiger partial charge in [0.25, 0.3) is 0 Å². The van der Waals surface area contributed by atoms with Gasteiger partial charge in [0.1, 0.15) is 11.5 Å². The highest BCUT2D eigenvalue weighted by atomic mass is 16.6. The summed E-state index contributed by atoms with van der Waals surface area (Å²) in [7, 11) is 1.70. The van der Waals surface area contributed by atoms with E-state index in [1.54, 1.807) is 20.2 Å². The minimum Gasteiger partial charge on any atom is -0.469 e. The Morgan fingerprint density at radius 1 is 1.60 bits per heavy atom. The van der Waals surface area contributed by atoms with E-state index in [0.717, 1.165) is 18.6 Å². The van der Waals surface area contributed by atoms with Gasteiger partial charge in [-0.15, -0.1) is 0 Å². The minimum absolute atomic E-state index is 0.0392. The van der Waals surface area contributed by atoms with E-state index in [2.05, 4.69) is 10.4 Å². The lowest BCUT2D eigenvalue weighted by Gasteiger charge is -2.13. The molecule has 2 aromatic heterocycles. The second-order valence-electron chi connectivity index (χ2n) is 4.83. The Morgan fingerprint density at radius 2 is 2.35 bits per heavy atom. The molecule has 1 atom stereocenters. The van der Waals surface area contributed by atoms with E-state index in [-0.39, 0.29) is 11.7 Å². The van der Waals surface area contributed by atoms with Crippen LogP contribution in [-0.4, -0.2) is 20.7 Å². The van der Waals surface area contributed by atoms with E-state index in [1.165, 1.54) is 4.68 Å². The molecular formula is C13H18N4O3. The van der Waals surface area contributed by atoms with Crippen LogP contribution in [0.5, 0.6) is 0 Å². The van der Waals surface area contributed by atoms with Crippen LogP contribution in [0.25, 0.3) is 0 Å². The predicted molar refractivity (Wildman–Crippen MR) is 74.7 cm³/mol. The van der Waals surface area contributed by atoms with Crippen molar-refractivity contribution in [3.63, 3.8) is 0 Å². The summed E-state index contributed by atoms with van der Waals surface area (Å²) in [6, 6.07) is 3.85. The van der Waals surface area contributed by atoms with Crippen molar-refractivity contribution in [2.45, 2.75) is 32.7 Å². The van der Waals surface area contributed by atoms with Gasteiger partial charge in [-0.1, -0.05) is 0 Å². The molecule has 0 aromatic carbocycles. The van der Waals surface area contributed by atoms with Gasteiger partial charge in [-0.25, -0.2) is 4.68 Å². The monoisotopic (exact) mass is 278 g/mol. The third kappa shape index (κ3) is 2.98. The van der Waals surface area contributed by atoms with Gasteiger partial charge in [0.05, 0.1) is 11.2 Å². The van der Waals surface area contributed by atoms with Crippen molar-refractivity contribution in [2.24, 2.45) is 7.05 Å². The molecule has 7 nitrogen and oxygen atoms in total. The van der Waals surface area contributed by atoms with Crippen molar-refractivity contribution in [2.75, 3.05) is 5.32 Å². The largest absolute Gasteiger partial charge is 0.469 e. The van der Waals surface area contributed by atoms with Gasteiger partial charge in [0, 0.05) is 19.5 Å². The summed E-state index contributed by atoms with van der Waals surface area (Å²) in [6.45, 7) is 3.62. The molecule has 0 aliphatic rings. The summed E-state index contributed by atoms with van der Waals surface area (Å²) in [5.41, 5.74) is 0.454. The van der Waals surface area contributed by atoms with Crippen LogP contribution < -0.4 is 5.32 Å². The minimum atomic E-state index is -0.399. The van der Waals surface area contributed by atoms with Crippen LogP contribution in [0.4, 0.5) is 11.5 Å². The highest BCUT2D eigenvalue weighted by molar-refractivity contribution is 5.59. The summed E-state index contributed by atoms with van der Waals surface area (Å²) in [6.07, 6.45) is 3.24. The molecule has 2 aromatic rings. The van der Waals surface area contributed by atoms with Gasteiger partial charge < -0.3 is 9.73 Å². The van der Waals surface area contributed by atoms with Crippen LogP contribution in [0, 0.1) is 17.0 Å². The third-order valence-corrected chi connectivity index (χ3v) is 3.16. The average molecular weight is 278 g/mol. The fourth-order valence-corrected chi connectivity index (χ4v) is 2.15. The number of nitrogens with zero attached hydrogens (tertiary/aromatic N) is 3. The summed E-state index contributed by atoms with van der Waals surface area (Å²) in [5.74, 6) is 1.36. The van der Waals surface area contributed by atoms with Gasteiger partial charge in [-0.2, -0.15) is 5.10 Å². The van der Waals surface area contributed by atoms with Gasteiger partial charge in [-0.3, -0.25) is 10.1 Å². The lowest BCUT2D eigenvalue weighted by Crippen LogP contribution is -2.18. The van der Waals surface area contributed by atoms with Gasteiger partial charge in [-0.05, 0) is 32.4 Å². The molecule has 2 heterocycles. The molecule has 0 aliphatic heterocycles. The van der Waals surface area contributed by atoms with Crippen molar-refractivity contribution < 1.29 is 9.34 Å². The van der Waals surface area contributed by atoms with E-state index < -0.39 is 4.92 Å². The zero-order chi connectivity index (χ0) is 14.7. The quantitative estimate of drug-likeness (QED) is 0.648. The first-order valence-corrected chi connectivity index (χ1v) is 6.46. The first-order valence-electron chi connectivity index (χ1n) is 6.46. The second kappa shape index (κ2) is 5.77. The molecule has 20 heavy (non-hydrogen) atoms. The molecule has 0 saturated carbocycles. The van der Waals surface area contributed by atoms with Crippen LogP contribution in [0.3, 0.4) is 0 Å². The van der Waals surface area contributed by atoms with Gasteiger partial charge in [0.15, 0.2) is 0 Å². The number of furan rings is 1. The maximum atomic E-state index is 11.1. The van der Waals surface area contributed by atoms with Crippen molar-refractivity contribution in [1.82, 2.24) is 9.78 Å². The van der Waals surface area contributed by atoms with Crippen molar-refractivity contribution in [3.05, 3.63) is 40.0 Å². The summed E-state index contributed by atoms with van der Waals surface area (Å²) in [5, 5.41) is 18.3. The first-order chi connectivity index (χ1) is 9.49. The number of aryl methyl sites for hydroxylation is 3. The highest BCUT2D eigenvalue weighted by Gasteiger charge is 2.24. The lowest BCUT2D eigenvalue weighted by molar-refractivity contribution is -0.384. The van der Waals surface area contributed by atoms with E-state index in [0.29, 0.717) is 11.5 Å². The van der Waals surface area contributed by atoms with E-state index in [1.807, 2.05) is 19.1 Å². The number of rotatable bonds is 6. The lowest BCUT2D eigenvalue weighted by atomic mass is 10.1. The van der Waals surface area contributed by atoms with Crippen molar-refractivity contribution in [1.29, 1.82) is 0 Å². The summed E-state index contributed by atoms with van der Waals surface area (Å²) >= 11 is 0. The molecule has 2 rings (SSSR count). The van der Waals surface area contributed by atoms with Gasteiger partial charge in [0.2, 0.25) is 5.82 Å². The maximum Gasteiger partial charge on any atom is 0.333 e. The Labute approximate surface area is 116 Å². The fraction of sp³-hybridized carbons (Fsp3) is 0.462. The number of hydrogen-bond acceptors (Lipinski definition) is 5. The van der Waals surface area contributed by atoms with Crippen LogP contribution in [0.15, 0.2) is 22.8 Å². The number of nitrogens with one attached hydrogen (secondary N) is 1. The molecule has 0 spiro atoms. The average Bonchev–Trinajstić information content (AvgIpc) is 2.96. The predicted octanol–water partition coefficient (Wildman–Crippen LogP) is 2.66. The number of nitro groups is 1. The molecule has 7 heteroatoms. The van der Waals surface area contributed by atoms with E-state index in [9.17, 15) is 10.1 Å². The zero-order valence-electron chi connectivity index (χ0n) is 11.8. The summed E-state index contributed by atoms with van der Waals surface area (Å²) < 4.78 is 6.78. The molecule has 0 saturated heterocycles. The Morgan fingerprint density at radius 3 is 2.95 bits per heavy atom. The van der Waals surface area contributed by atoms with E-state index >= 15 is 0 Å². The molecule has 0 unspecified atom stereocenters. The number of aromatic nitrogens is 2. The molecule has 1 N–H and O–H groups in total. The first kappa shape index (κ1) is 14.1. The van der Waals surface area contributed by atoms with Crippen LogP contribution in [-0.2, 0) is 13.5 Å². The van der Waals surface area contributed by atoms with E-state index in [4.69, 9.17) is 4.42 Å². The van der Waals surface area contributed by atoms with Crippen LogP contribution in [0.1, 0.15) is 24.8 Å². The smallest absolute Gasteiger partial charge is 0.333 e.